The van der Waals surface area contributed by atoms with Crippen LogP contribution in [0.2, 0.25) is 0 Å². The number of anilines is 1. The molecule has 0 aliphatic carbocycles. The quantitative estimate of drug-likeness (QED) is 0.460. The number of carbonyl (C=O) groups excluding carboxylic acids is 1. The first-order valence-corrected chi connectivity index (χ1v) is 10.8. The lowest BCUT2D eigenvalue weighted by atomic mass is 9.83. The monoisotopic (exact) mass is 391 g/mol. The third-order valence-corrected chi connectivity index (χ3v) is 4.48. The van der Waals surface area contributed by atoms with E-state index in [1.54, 1.807) is 0 Å². The minimum Gasteiger partial charge on any atom is -0.493 e. The third kappa shape index (κ3) is 7.83. The van der Waals surface area contributed by atoms with Crippen molar-refractivity contribution in [2.24, 2.45) is 17.8 Å². The maximum atomic E-state index is 13.4. The van der Waals surface area contributed by atoms with Crippen LogP contribution in [0, 0.1) is 24.7 Å². The standard InChI is InChI=1S/C24H41NO3/c1-9-12-28-24(14-17(2)3,15-18(4)5)23(26)25-21-10-11-22(20(8)13-21)27-16-19(6)7/h10-11,13,17-19H,9,12,14-16H2,1-8H3,(H,25,26). The molecule has 160 valence electrons. The number of benzene rings is 1. The Hall–Kier alpha value is -1.55. The van der Waals surface area contributed by atoms with Gasteiger partial charge < -0.3 is 14.8 Å². The number of hydrogen-bond acceptors (Lipinski definition) is 3. The van der Waals surface area contributed by atoms with Gasteiger partial charge in [0.05, 0.1) is 6.61 Å². The first-order chi connectivity index (χ1) is 13.1. The first-order valence-electron chi connectivity index (χ1n) is 10.8. The molecule has 0 saturated carbocycles. The summed E-state index contributed by atoms with van der Waals surface area (Å²) in [6.45, 7) is 18.2. The zero-order valence-corrected chi connectivity index (χ0v) is 19.2. The molecule has 0 aliphatic heterocycles. The fourth-order valence-electron chi connectivity index (χ4n) is 3.46. The lowest BCUT2D eigenvalue weighted by molar-refractivity contribution is -0.147. The molecule has 0 radical (unpaired) electrons. The van der Waals surface area contributed by atoms with Crippen LogP contribution in [0.15, 0.2) is 18.2 Å². The summed E-state index contributed by atoms with van der Waals surface area (Å²) in [6.07, 6.45) is 2.32. The molecule has 1 amide bonds. The van der Waals surface area contributed by atoms with E-state index in [0.717, 1.165) is 23.4 Å². The Morgan fingerprint density at radius 1 is 1.04 bits per heavy atom. The number of rotatable bonds is 12. The van der Waals surface area contributed by atoms with E-state index in [9.17, 15) is 4.79 Å². The summed E-state index contributed by atoms with van der Waals surface area (Å²) >= 11 is 0. The van der Waals surface area contributed by atoms with E-state index in [1.807, 2.05) is 25.1 Å². The maximum absolute atomic E-state index is 13.4. The van der Waals surface area contributed by atoms with E-state index in [-0.39, 0.29) is 5.91 Å². The third-order valence-electron chi connectivity index (χ3n) is 4.48. The van der Waals surface area contributed by atoms with Gasteiger partial charge in [0.15, 0.2) is 0 Å². The average molecular weight is 392 g/mol. The number of nitrogens with one attached hydrogen (secondary N) is 1. The van der Waals surface area contributed by atoms with Gasteiger partial charge in [-0.15, -0.1) is 0 Å². The van der Waals surface area contributed by atoms with Crippen LogP contribution in [-0.4, -0.2) is 24.7 Å². The van der Waals surface area contributed by atoms with Crippen molar-refractivity contribution in [3.05, 3.63) is 23.8 Å². The molecule has 0 spiro atoms. The number of aryl methyl sites for hydroxylation is 1. The van der Waals surface area contributed by atoms with Crippen molar-refractivity contribution in [3.8, 4) is 5.75 Å². The highest BCUT2D eigenvalue weighted by Gasteiger charge is 2.40. The zero-order valence-electron chi connectivity index (χ0n) is 19.2. The molecule has 0 aromatic heterocycles. The van der Waals surface area contributed by atoms with Crippen molar-refractivity contribution in [2.75, 3.05) is 18.5 Å². The summed E-state index contributed by atoms with van der Waals surface area (Å²) in [5, 5.41) is 3.12. The van der Waals surface area contributed by atoms with Gasteiger partial charge in [0.2, 0.25) is 0 Å². The van der Waals surface area contributed by atoms with Gasteiger partial charge in [0, 0.05) is 12.3 Å². The van der Waals surface area contributed by atoms with Crippen LogP contribution in [0.3, 0.4) is 0 Å². The second-order valence-electron chi connectivity index (χ2n) is 9.18. The van der Waals surface area contributed by atoms with E-state index < -0.39 is 5.60 Å². The number of carbonyl (C=O) groups is 1. The Bertz CT molecular complexity index is 598. The molecule has 0 atom stereocenters. The van der Waals surface area contributed by atoms with Crippen LogP contribution >= 0.6 is 0 Å². The summed E-state index contributed by atoms with van der Waals surface area (Å²) in [5.74, 6) is 2.04. The number of hydrogen-bond donors (Lipinski definition) is 1. The molecule has 28 heavy (non-hydrogen) atoms. The highest BCUT2D eigenvalue weighted by atomic mass is 16.5. The number of ether oxygens (including phenoxy) is 2. The molecule has 1 rings (SSSR count). The molecule has 0 saturated heterocycles. The largest absolute Gasteiger partial charge is 0.493 e. The summed E-state index contributed by atoms with van der Waals surface area (Å²) < 4.78 is 12.1. The smallest absolute Gasteiger partial charge is 0.256 e. The summed E-state index contributed by atoms with van der Waals surface area (Å²) in [4.78, 5) is 13.4. The van der Waals surface area contributed by atoms with Gasteiger partial charge in [-0.2, -0.15) is 0 Å². The summed E-state index contributed by atoms with van der Waals surface area (Å²) in [5.41, 5.74) is 1.02. The van der Waals surface area contributed by atoms with Crippen LogP contribution in [0.25, 0.3) is 0 Å². The van der Waals surface area contributed by atoms with E-state index in [4.69, 9.17) is 9.47 Å². The van der Waals surface area contributed by atoms with E-state index in [1.165, 1.54) is 0 Å². The van der Waals surface area contributed by atoms with E-state index in [0.29, 0.717) is 43.8 Å². The first kappa shape index (κ1) is 24.5. The van der Waals surface area contributed by atoms with Crippen molar-refractivity contribution in [2.45, 2.75) is 80.3 Å². The number of amides is 1. The molecule has 4 heteroatoms. The van der Waals surface area contributed by atoms with Crippen molar-refractivity contribution in [1.82, 2.24) is 0 Å². The van der Waals surface area contributed by atoms with Crippen LogP contribution < -0.4 is 10.1 Å². The van der Waals surface area contributed by atoms with Gasteiger partial charge in [0.25, 0.3) is 5.91 Å². The fraction of sp³-hybridized carbons (Fsp3) is 0.708. The van der Waals surface area contributed by atoms with Crippen LogP contribution in [0.1, 0.15) is 73.3 Å². The molecular weight excluding hydrogens is 350 g/mol. The highest BCUT2D eigenvalue weighted by molar-refractivity contribution is 5.97. The van der Waals surface area contributed by atoms with Gasteiger partial charge in [-0.25, -0.2) is 0 Å². The van der Waals surface area contributed by atoms with Gasteiger partial charge in [-0.05, 0) is 67.7 Å². The van der Waals surface area contributed by atoms with Crippen molar-refractivity contribution in [3.63, 3.8) is 0 Å². The second-order valence-corrected chi connectivity index (χ2v) is 9.18. The SMILES string of the molecule is CCCOC(CC(C)C)(CC(C)C)C(=O)Nc1ccc(OCC(C)C)c(C)c1. The van der Waals surface area contributed by atoms with Crippen LogP contribution in [0.5, 0.6) is 5.75 Å². The molecule has 0 heterocycles. The van der Waals surface area contributed by atoms with Crippen LogP contribution in [-0.2, 0) is 9.53 Å². The molecule has 1 N–H and O–H groups in total. The highest BCUT2D eigenvalue weighted by Crippen LogP contribution is 2.32. The molecule has 0 fully saturated rings. The molecular formula is C24H41NO3. The summed E-state index contributed by atoms with van der Waals surface area (Å²) in [6, 6.07) is 5.82. The predicted molar refractivity (Wildman–Crippen MR) is 118 cm³/mol. The zero-order chi connectivity index (χ0) is 21.3. The normalized spacial score (nSPS) is 12.1. The Kier molecular flexibility index (Phi) is 10.0. The van der Waals surface area contributed by atoms with Gasteiger partial charge in [0.1, 0.15) is 11.4 Å². The van der Waals surface area contributed by atoms with E-state index >= 15 is 0 Å². The molecule has 0 aliphatic rings. The van der Waals surface area contributed by atoms with Gasteiger partial charge in [-0.1, -0.05) is 48.5 Å². The molecule has 0 bridgehead atoms. The van der Waals surface area contributed by atoms with E-state index in [2.05, 4.69) is 53.8 Å². The molecule has 1 aromatic carbocycles. The molecule has 1 aromatic rings. The predicted octanol–water partition coefficient (Wildman–Crippen LogP) is 6.23. The minimum absolute atomic E-state index is 0.0430. The van der Waals surface area contributed by atoms with Gasteiger partial charge in [-0.3, -0.25) is 4.79 Å². The fourth-order valence-corrected chi connectivity index (χ4v) is 3.46. The average Bonchev–Trinajstić information content (AvgIpc) is 2.57. The molecule has 4 nitrogen and oxygen atoms in total. The Balaban J connectivity index is 3.03. The van der Waals surface area contributed by atoms with Crippen molar-refractivity contribution in [1.29, 1.82) is 0 Å². The van der Waals surface area contributed by atoms with Gasteiger partial charge >= 0.3 is 0 Å². The Morgan fingerprint density at radius 2 is 1.64 bits per heavy atom. The Morgan fingerprint density at radius 3 is 2.11 bits per heavy atom. The van der Waals surface area contributed by atoms with Crippen molar-refractivity contribution < 1.29 is 14.3 Å². The van der Waals surface area contributed by atoms with Crippen molar-refractivity contribution >= 4 is 11.6 Å². The Labute approximate surface area is 172 Å². The lowest BCUT2D eigenvalue weighted by Gasteiger charge is -2.35. The summed E-state index contributed by atoms with van der Waals surface area (Å²) in [7, 11) is 0. The lowest BCUT2D eigenvalue weighted by Crippen LogP contribution is -2.47. The molecule has 0 unspecified atom stereocenters. The minimum atomic E-state index is -0.793. The topological polar surface area (TPSA) is 47.6 Å². The second kappa shape index (κ2) is 11.5. The van der Waals surface area contributed by atoms with Crippen LogP contribution in [0.4, 0.5) is 5.69 Å². The maximum Gasteiger partial charge on any atom is 0.256 e.